The van der Waals surface area contributed by atoms with Gasteiger partial charge in [-0.1, -0.05) is 22.0 Å². The summed E-state index contributed by atoms with van der Waals surface area (Å²) >= 11 is 4.98. The molecule has 0 aliphatic carbocycles. The molecule has 1 unspecified atom stereocenters. The van der Waals surface area contributed by atoms with Gasteiger partial charge in [0.1, 0.15) is 22.4 Å². The van der Waals surface area contributed by atoms with Crippen LogP contribution in [0.1, 0.15) is 24.2 Å². The summed E-state index contributed by atoms with van der Waals surface area (Å²) in [4.78, 5) is 4.63. The van der Waals surface area contributed by atoms with E-state index in [0.29, 0.717) is 12.1 Å². The number of rotatable bonds is 6. The fourth-order valence-corrected chi connectivity index (χ4v) is 3.78. The van der Waals surface area contributed by atoms with Gasteiger partial charge in [0.25, 0.3) is 0 Å². The molecule has 1 heterocycles. The molecule has 2 aromatic carbocycles. The van der Waals surface area contributed by atoms with Crippen molar-refractivity contribution >= 4 is 27.3 Å². The van der Waals surface area contributed by atoms with Gasteiger partial charge in [-0.25, -0.2) is 13.8 Å². The van der Waals surface area contributed by atoms with Crippen LogP contribution in [0.2, 0.25) is 0 Å². The van der Waals surface area contributed by atoms with Gasteiger partial charge in [0.2, 0.25) is 0 Å². The number of thiazole rings is 1. The van der Waals surface area contributed by atoms with Crippen LogP contribution in [0.4, 0.5) is 8.78 Å². The number of halogens is 3. The van der Waals surface area contributed by atoms with Crippen molar-refractivity contribution in [3.8, 4) is 16.3 Å². The van der Waals surface area contributed by atoms with E-state index in [9.17, 15) is 8.78 Å². The molecule has 1 atom stereocenters. The normalized spacial score (nSPS) is 12.2. The molecule has 136 valence electrons. The molecule has 0 saturated carbocycles. The Morgan fingerprint density at radius 1 is 1.23 bits per heavy atom. The molecule has 0 aliphatic rings. The van der Waals surface area contributed by atoms with E-state index < -0.39 is 11.6 Å². The van der Waals surface area contributed by atoms with Crippen LogP contribution in [0.15, 0.2) is 46.3 Å². The molecule has 0 radical (unpaired) electrons. The first-order chi connectivity index (χ1) is 12.5. The maximum atomic E-state index is 13.9. The Morgan fingerprint density at radius 3 is 2.77 bits per heavy atom. The van der Waals surface area contributed by atoms with Crippen molar-refractivity contribution in [1.29, 1.82) is 0 Å². The van der Waals surface area contributed by atoms with Gasteiger partial charge in [-0.05, 0) is 31.2 Å². The Morgan fingerprint density at radius 2 is 2.04 bits per heavy atom. The lowest BCUT2D eigenvalue weighted by Crippen LogP contribution is -2.19. The molecule has 0 bridgehead atoms. The largest absolute Gasteiger partial charge is 0.496 e. The molecular weight excluding hydrogens is 422 g/mol. The van der Waals surface area contributed by atoms with Crippen LogP contribution >= 0.6 is 27.3 Å². The second kappa shape index (κ2) is 8.24. The Kier molecular flexibility index (Phi) is 6.01. The van der Waals surface area contributed by atoms with Crippen molar-refractivity contribution in [3.05, 3.63) is 69.1 Å². The van der Waals surface area contributed by atoms with E-state index in [1.165, 1.54) is 23.5 Å². The highest BCUT2D eigenvalue weighted by atomic mass is 79.9. The molecule has 3 nitrogen and oxygen atoms in total. The lowest BCUT2D eigenvalue weighted by molar-refractivity contribution is 0.416. The fourth-order valence-electron chi connectivity index (χ4n) is 2.58. The fraction of sp³-hybridized carbons (Fsp3) is 0.211. The SMILES string of the molecule is COc1ccc(Br)cc1-c1nc(CNC(C)c2ccc(F)cc2F)cs1. The number of ether oxygens (including phenoxy) is 1. The maximum Gasteiger partial charge on any atom is 0.130 e. The predicted octanol–water partition coefficient (Wildman–Crippen LogP) is 5.71. The number of nitrogens with zero attached hydrogens (tertiary/aromatic N) is 1. The van der Waals surface area contributed by atoms with Crippen LogP contribution in [-0.2, 0) is 6.54 Å². The van der Waals surface area contributed by atoms with E-state index in [2.05, 4.69) is 26.2 Å². The smallest absolute Gasteiger partial charge is 0.130 e. The van der Waals surface area contributed by atoms with Crippen molar-refractivity contribution in [3.63, 3.8) is 0 Å². The second-order valence-electron chi connectivity index (χ2n) is 5.76. The Labute approximate surface area is 163 Å². The lowest BCUT2D eigenvalue weighted by Gasteiger charge is -2.14. The highest BCUT2D eigenvalue weighted by Gasteiger charge is 2.14. The third-order valence-electron chi connectivity index (χ3n) is 3.96. The number of hydrogen-bond acceptors (Lipinski definition) is 4. The first-order valence-electron chi connectivity index (χ1n) is 7.94. The summed E-state index contributed by atoms with van der Waals surface area (Å²) in [7, 11) is 1.63. The van der Waals surface area contributed by atoms with Crippen LogP contribution in [0.5, 0.6) is 5.75 Å². The minimum absolute atomic E-state index is 0.263. The summed E-state index contributed by atoms with van der Waals surface area (Å²) in [6.45, 7) is 2.31. The molecule has 0 saturated heterocycles. The summed E-state index contributed by atoms with van der Waals surface area (Å²) in [5.41, 5.74) is 2.19. The van der Waals surface area contributed by atoms with E-state index in [1.807, 2.05) is 30.5 Å². The third kappa shape index (κ3) is 4.28. The molecule has 0 fully saturated rings. The molecule has 3 rings (SSSR count). The minimum Gasteiger partial charge on any atom is -0.496 e. The van der Waals surface area contributed by atoms with Gasteiger partial charge in [0.15, 0.2) is 0 Å². The quantitative estimate of drug-likeness (QED) is 0.534. The number of hydrogen-bond donors (Lipinski definition) is 1. The summed E-state index contributed by atoms with van der Waals surface area (Å²) in [6.07, 6.45) is 0. The Bertz CT molecular complexity index is 916. The molecule has 0 spiro atoms. The van der Waals surface area contributed by atoms with E-state index in [4.69, 9.17) is 4.74 Å². The summed E-state index contributed by atoms with van der Waals surface area (Å²) in [6, 6.07) is 9.12. The Balaban J connectivity index is 1.72. The summed E-state index contributed by atoms with van der Waals surface area (Å²) in [5.74, 6) is -0.378. The monoisotopic (exact) mass is 438 g/mol. The van der Waals surface area contributed by atoms with E-state index in [1.54, 1.807) is 7.11 Å². The molecule has 0 amide bonds. The first-order valence-corrected chi connectivity index (χ1v) is 9.62. The van der Waals surface area contributed by atoms with Crippen LogP contribution in [-0.4, -0.2) is 12.1 Å². The molecule has 26 heavy (non-hydrogen) atoms. The molecule has 7 heteroatoms. The van der Waals surface area contributed by atoms with Crippen LogP contribution in [0, 0.1) is 11.6 Å². The van der Waals surface area contributed by atoms with Crippen molar-refractivity contribution in [2.75, 3.05) is 7.11 Å². The van der Waals surface area contributed by atoms with Crippen molar-refractivity contribution in [1.82, 2.24) is 10.3 Å². The van der Waals surface area contributed by atoms with Gasteiger partial charge in [-0.15, -0.1) is 11.3 Å². The molecular formula is C19H17BrF2N2OS. The number of methoxy groups -OCH3 is 1. The van der Waals surface area contributed by atoms with Gasteiger partial charge < -0.3 is 10.1 Å². The van der Waals surface area contributed by atoms with Gasteiger partial charge in [-0.3, -0.25) is 0 Å². The summed E-state index contributed by atoms with van der Waals surface area (Å²) < 4.78 is 33.2. The third-order valence-corrected chi connectivity index (χ3v) is 5.38. The van der Waals surface area contributed by atoms with Gasteiger partial charge in [-0.2, -0.15) is 0 Å². The van der Waals surface area contributed by atoms with Crippen LogP contribution < -0.4 is 10.1 Å². The van der Waals surface area contributed by atoms with Gasteiger partial charge in [0.05, 0.1) is 18.4 Å². The van der Waals surface area contributed by atoms with Crippen LogP contribution in [0.3, 0.4) is 0 Å². The molecule has 1 aromatic heterocycles. The first kappa shape index (κ1) is 18.9. The zero-order chi connectivity index (χ0) is 18.7. The van der Waals surface area contributed by atoms with Crippen LogP contribution in [0.25, 0.3) is 10.6 Å². The molecule has 0 aliphatic heterocycles. The van der Waals surface area contributed by atoms with Crippen molar-refractivity contribution < 1.29 is 13.5 Å². The lowest BCUT2D eigenvalue weighted by atomic mass is 10.1. The zero-order valence-corrected chi connectivity index (χ0v) is 16.6. The second-order valence-corrected chi connectivity index (χ2v) is 7.53. The maximum absolute atomic E-state index is 13.9. The summed E-state index contributed by atoms with van der Waals surface area (Å²) in [5, 5.41) is 6.02. The topological polar surface area (TPSA) is 34.1 Å². The minimum atomic E-state index is -0.578. The zero-order valence-electron chi connectivity index (χ0n) is 14.2. The van der Waals surface area contributed by atoms with Gasteiger partial charge in [0, 0.05) is 34.1 Å². The highest BCUT2D eigenvalue weighted by molar-refractivity contribution is 9.10. The van der Waals surface area contributed by atoms with E-state index in [0.717, 1.165) is 32.6 Å². The average molecular weight is 439 g/mol. The number of benzene rings is 2. The Hall–Kier alpha value is -1.83. The average Bonchev–Trinajstić information content (AvgIpc) is 3.08. The number of nitrogens with one attached hydrogen (secondary N) is 1. The van der Waals surface area contributed by atoms with E-state index >= 15 is 0 Å². The van der Waals surface area contributed by atoms with Crippen molar-refractivity contribution in [2.24, 2.45) is 0 Å². The standard InChI is InChI=1S/C19H17BrF2N2OS/c1-11(15-5-4-13(21)8-17(15)22)23-9-14-10-26-19(24-14)16-7-12(20)3-6-18(16)25-2/h3-8,10-11,23H,9H2,1-2H3. The molecule has 1 N–H and O–H groups in total. The van der Waals surface area contributed by atoms with Crippen molar-refractivity contribution in [2.45, 2.75) is 19.5 Å². The highest BCUT2D eigenvalue weighted by Crippen LogP contribution is 2.34. The predicted molar refractivity (Wildman–Crippen MR) is 103 cm³/mol. The van der Waals surface area contributed by atoms with Gasteiger partial charge >= 0.3 is 0 Å². The molecule has 3 aromatic rings. The van der Waals surface area contributed by atoms with E-state index in [-0.39, 0.29) is 6.04 Å². The number of aromatic nitrogens is 1.